The minimum absolute atomic E-state index is 0.224. The van der Waals surface area contributed by atoms with E-state index in [2.05, 4.69) is 10.6 Å². The van der Waals surface area contributed by atoms with Crippen molar-refractivity contribution >= 4 is 5.91 Å². The molecule has 0 saturated carbocycles. The van der Waals surface area contributed by atoms with Gasteiger partial charge in [0.2, 0.25) is 5.91 Å². The Kier molecular flexibility index (Phi) is 2.54. The van der Waals surface area contributed by atoms with Crippen molar-refractivity contribution in [2.24, 2.45) is 0 Å². The lowest BCUT2D eigenvalue weighted by Crippen LogP contribution is -2.42. The van der Waals surface area contributed by atoms with Gasteiger partial charge >= 0.3 is 0 Å². The summed E-state index contributed by atoms with van der Waals surface area (Å²) in [5.41, 5.74) is 0. The normalized spacial score (nSPS) is 36.5. The van der Waals surface area contributed by atoms with E-state index in [0.29, 0.717) is 24.5 Å². The van der Waals surface area contributed by atoms with Gasteiger partial charge in [0.1, 0.15) is 0 Å². The van der Waals surface area contributed by atoms with Crippen LogP contribution < -0.4 is 10.6 Å². The van der Waals surface area contributed by atoms with Crippen molar-refractivity contribution in [3.8, 4) is 0 Å². The molecule has 2 heterocycles. The van der Waals surface area contributed by atoms with Crippen LogP contribution >= 0.6 is 0 Å². The van der Waals surface area contributed by atoms with E-state index in [1.807, 2.05) is 6.92 Å². The zero-order valence-electron chi connectivity index (χ0n) is 8.18. The molecule has 3 atom stereocenters. The fourth-order valence-corrected chi connectivity index (χ4v) is 2.49. The summed E-state index contributed by atoms with van der Waals surface area (Å²) in [6, 6.07) is 1.65. The molecular weight excluding hydrogens is 164 g/mol. The highest BCUT2D eigenvalue weighted by Crippen LogP contribution is 2.28. The number of carbonyl (C=O) groups is 1. The summed E-state index contributed by atoms with van der Waals surface area (Å²) in [4.78, 5) is 11.3. The molecule has 0 radical (unpaired) electrons. The summed E-state index contributed by atoms with van der Waals surface area (Å²) < 4.78 is 0. The SMILES string of the molecule is CCCC(=O)NC1CC2CCC1N2. The molecule has 0 aromatic carbocycles. The number of fused-ring (bicyclic) bond motifs is 2. The van der Waals surface area contributed by atoms with Gasteiger partial charge in [-0.05, 0) is 25.7 Å². The molecular formula is C10H18N2O. The fourth-order valence-electron chi connectivity index (χ4n) is 2.49. The Morgan fingerprint density at radius 3 is 2.92 bits per heavy atom. The molecule has 3 heteroatoms. The second-order valence-electron chi connectivity index (χ2n) is 4.21. The molecule has 0 aromatic rings. The second-order valence-corrected chi connectivity index (χ2v) is 4.21. The molecule has 13 heavy (non-hydrogen) atoms. The van der Waals surface area contributed by atoms with E-state index in [0.717, 1.165) is 12.8 Å². The van der Waals surface area contributed by atoms with Gasteiger partial charge in [-0.15, -0.1) is 0 Å². The van der Waals surface area contributed by atoms with Gasteiger partial charge in [-0.1, -0.05) is 6.92 Å². The van der Waals surface area contributed by atoms with Gasteiger partial charge in [0.05, 0.1) is 0 Å². The van der Waals surface area contributed by atoms with Crippen LogP contribution in [0.5, 0.6) is 0 Å². The number of hydrogen-bond acceptors (Lipinski definition) is 2. The highest BCUT2D eigenvalue weighted by molar-refractivity contribution is 5.76. The third-order valence-electron chi connectivity index (χ3n) is 3.12. The van der Waals surface area contributed by atoms with Crippen molar-refractivity contribution < 1.29 is 4.79 Å². The molecule has 0 spiro atoms. The summed E-state index contributed by atoms with van der Waals surface area (Å²) in [7, 11) is 0. The van der Waals surface area contributed by atoms with Gasteiger partial charge in [0.15, 0.2) is 0 Å². The first-order valence-electron chi connectivity index (χ1n) is 5.35. The minimum Gasteiger partial charge on any atom is -0.352 e. The van der Waals surface area contributed by atoms with Crippen molar-refractivity contribution in [3.05, 3.63) is 0 Å². The fraction of sp³-hybridized carbons (Fsp3) is 0.900. The van der Waals surface area contributed by atoms with E-state index >= 15 is 0 Å². The van der Waals surface area contributed by atoms with Crippen LogP contribution in [0.25, 0.3) is 0 Å². The Bertz CT molecular complexity index is 205. The molecule has 3 nitrogen and oxygen atoms in total. The summed E-state index contributed by atoms with van der Waals surface area (Å²) in [6.07, 6.45) is 5.29. The lowest BCUT2D eigenvalue weighted by atomic mass is 9.95. The molecule has 2 aliphatic rings. The number of hydrogen-bond donors (Lipinski definition) is 2. The molecule has 2 saturated heterocycles. The highest BCUT2D eigenvalue weighted by Gasteiger charge is 2.39. The molecule has 2 fully saturated rings. The zero-order valence-corrected chi connectivity index (χ0v) is 8.18. The molecule has 1 amide bonds. The van der Waals surface area contributed by atoms with E-state index < -0.39 is 0 Å². The van der Waals surface area contributed by atoms with Crippen LogP contribution in [0.4, 0.5) is 0 Å². The van der Waals surface area contributed by atoms with Crippen molar-refractivity contribution in [3.63, 3.8) is 0 Å². The summed E-state index contributed by atoms with van der Waals surface area (Å²) in [6.45, 7) is 2.04. The first kappa shape index (κ1) is 9.00. The Hall–Kier alpha value is -0.570. The molecule has 2 bridgehead atoms. The maximum atomic E-state index is 11.3. The second kappa shape index (κ2) is 3.66. The Morgan fingerprint density at radius 1 is 1.54 bits per heavy atom. The average molecular weight is 182 g/mol. The minimum atomic E-state index is 0.224. The molecule has 2 N–H and O–H groups in total. The maximum Gasteiger partial charge on any atom is 0.220 e. The standard InChI is InChI=1S/C10H18N2O/c1-2-3-10(13)12-9-6-7-4-5-8(9)11-7/h7-9,11H,2-6H2,1H3,(H,12,13). The molecule has 3 unspecified atom stereocenters. The Labute approximate surface area is 79.3 Å². The number of nitrogens with one attached hydrogen (secondary N) is 2. The molecule has 0 aromatic heterocycles. The zero-order chi connectivity index (χ0) is 9.26. The lowest BCUT2D eigenvalue weighted by Gasteiger charge is -2.21. The van der Waals surface area contributed by atoms with Crippen LogP contribution in [0.3, 0.4) is 0 Å². The molecule has 2 aliphatic heterocycles. The van der Waals surface area contributed by atoms with E-state index in [4.69, 9.17) is 0 Å². The average Bonchev–Trinajstić information content (AvgIpc) is 2.65. The van der Waals surface area contributed by atoms with Gasteiger partial charge in [-0.2, -0.15) is 0 Å². The molecule has 74 valence electrons. The lowest BCUT2D eigenvalue weighted by molar-refractivity contribution is -0.121. The molecule has 0 aliphatic carbocycles. The maximum absolute atomic E-state index is 11.3. The van der Waals surface area contributed by atoms with Crippen LogP contribution in [0.15, 0.2) is 0 Å². The summed E-state index contributed by atoms with van der Waals surface area (Å²) in [5.74, 6) is 0.224. The van der Waals surface area contributed by atoms with Gasteiger partial charge in [-0.3, -0.25) is 4.79 Å². The summed E-state index contributed by atoms with van der Waals surface area (Å²) >= 11 is 0. The van der Waals surface area contributed by atoms with E-state index in [9.17, 15) is 4.79 Å². The van der Waals surface area contributed by atoms with E-state index in [1.54, 1.807) is 0 Å². The first-order valence-corrected chi connectivity index (χ1v) is 5.35. The first-order chi connectivity index (χ1) is 6.29. The van der Waals surface area contributed by atoms with Gasteiger partial charge in [0, 0.05) is 24.5 Å². The van der Waals surface area contributed by atoms with Crippen molar-refractivity contribution in [2.75, 3.05) is 0 Å². The predicted molar refractivity (Wildman–Crippen MR) is 51.4 cm³/mol. The smallest absolute Gasteiger partial charge is 0.220 e. The third kappa shape index (κ3) is 1.85. The van der Waals surface area contributed by atoms with Crippen molar-refractivity contribution in [2.45, 2.75) is 57.2 Å². The van der Waals surface area contributed by atoms with E-state index in [1.165, 1.54) is 12.8 Å². The third-order valence-corrected chi connectivity index (χ3v) is 3.12. The highest BCUT2D eigenvalue weighted by atomic mass is 16.1. The number of rotatable bonds is 3. The van der Waals surface area contributed by atoms with Gasteiger partial charge in [-0.25, -0.2) is 0 Å². The van der Waals surface area contributed by atoms with Crippen LogP contribution in [0.2, 0.25) is 0 Å². The predicted octanol–water partition coefficient (Wildman–Crippen LogP) is 0.796. The Balaban J connectivity index is 1.79. The number of carbonyl (C=O) groups excluding carboxylic acids is 1. The summed E-state index contributed by atoms with van der Waals surface area (Å²) in [5, 5.41) is 6.62. The van der Waals surface area contributed by atoms with E-state index in [-0.39, 0.29) is 5.91 Å². The van der Waals surface area contributed by atoms with Gasteiger partial charge < -0.3 is 10.6 Å². The van der Waals surface area contributed by atoms with Crippen molar-refractivity contribution in [1.29, 1.82) is 0 Å². The van der Waals surface area contributed by atoms with Crippen LogP contribution in [-0.2, 0) is 4.79 Å². The van der Waals surface area contributed by atoms with Crippen LogP contribution in [-0.4, -0.2) is 24.0 Å². The Morgan fingerprint density at radius 2 is 2.38 bits per heavy atom. The van der Waals surface area contributed by atoms with Crippen LogP contribution in [0.1, 0.15) is 39.0 Å². The van der Waals surface area contributed by atoms with Crippen molar-refractivity contribution in [1.82, 2.24) is 10.6 Å². The largest absolute Gasteiger partial charge is 0.352 e. The quantitative estimate of drug-likeness (QED) is 0.677. The topological polar surface area (TPSA) is 41.1 Å². The number of amides is 1. The monoisotopic (exact) mass is 182 g/mol. The van der Waals surface area contributed by atoms with Crippen LogP contribution in [0, 0.1) is 0 Å². The molecule has 2 rings (SSSR count). The van der Waals surface area contributed by atoms with Gasteiger partial charge in [0.25, 0.3) is 0 Å².